The number of allylic oxidation sites excluding steroid dienone is 2. The van der Waals surface area contributed by atoms with Gasteiger partial charge >= 0.3 is 0 Å². The first-order valence-electron chi connectivity index (χ1n) is 9.70. The molecule has 9 nitrogen and oxygen atoms in total. The van der Waals surface area contributed by atoms with Gasteiger partial charge in [0.1, 0.15) is 11.5 Å². The van der Waals surface area contributed by atoms with Crippen LogP contribution in [0.1, 0.15) is 24.3 Å². The molecule has 0 aliphatic heterocycles. The molecule has 1 aliphatic carbocycles. The monoisotopic (exact) mass is 404 g/mol. The molecule has 1 saturated carbocycles. The summed E-state index contributed by atoms with van der Waals surface area (Å²) in [5, 5.41) is 10.5. The second-order valence-corrected chi connectivity index (χ2v) is 7.16. The van der Waals surface area contributed by atoms with Crippen molar-refractivity contribution in [3.8, 4) is 11.3 Å². The van der Waals surface area contributed by atoms with Crippen molar-refractivity contribution in [2.24, 2.45) is 11.8 Å². The van der Waals surface area contributed by atoms with Gasteiger partial charge in [-0.1, -0.05) is 11.7 Å². The Bertz CT molecular complexity index is 1060. The quantitative estimate of drug-likeness (QED) is 0.242. The molecule has 3 aromatic heterocycles. The average Bonchev–Trinajstić information content (AvgIpc) is 3.48. The van der Waals surface area contributed by atoms with Crippen LogP contribution in [0, 0.1) is 12.8 Å². The van der Waals surface area contributed by atoms with Crippen LogP contribution in [-0.2, 0) is 6.54 Å². The minimum absolute atomic E-state index is 0.403. The number of aryl methyl sites for hydroxylation is 1. The fourth-order valence-corrected chi connectivity index (χ4v) is 2.98. The molecule has 1 aliphatic rings. The molecule has 3 heterocycles. The summed E-state index contributed by atoms with van der Waals surface area (Å²) < 4.78 is 5.40. The Hall–Kier alpha value is -3.72. The Morgan fingerprint density at radius 3 is 2.93 bits per heavy atom. The highest BCUT2D eigenvalue weighted by molar-refractivity contribution is 5.57. The standard InChI is InChI=1S/C21H24N8O/c1-13(8-18(28-22)15-5-6-15)25-20-9-14(2)26-21(27-20)24-12-17-10-19(29-30-17)16-4-3-7-23-11-16/h3-4,7-11,15,28H,1,5-6,12,22H2,2H3,(H2,24,25,26,27)/b18-8-. The topological polar surface area (TPSA) is 127 Å². The first-order valence-corrected chi connectivity index (χ1v) is 9.70. The maximum atomic E-state index is 5.60. The summed E-state index contributed by atoms with van der Waals surface area (Å²) in [5.41, 5.74) is 6.88. The minimum Gasteiger partial charge on any atom is -0.359 e. The SMILES string of the molecule is C=C(/C=C(\NN)C1CC1)Nc1cc(C)nc(NCc2cc(-c3cccnc3)no2)n1. The van der Waals surface area contributed by atoms with Gasteiger partial charge in [0.15, 0.2) is 5.76 Å². The van der Waals surface area contributed by atoms with Gasteiger partial charge in [-0.25, -0.2) is 4.98 Å². The van der Waals surface area contributed by atoms with Crippen LogP contribution in [0.2, 0.25) is 0 Å². The van der Waals surface area contributed by atoms with Gasteiger partial charge in [0, 0.05) is 53.1 Å². The summed E-state index contributed by atoms with van der Waals surface area (Å²) in [6, 6.07) is 7.51. The highest BCUT2D eigenvalue weighted by atomic mass is 16.5. The summed E-state index contributed by atoms with van der Waals surface area (Å²) in [7, 11) is 0. The van der Waals surface area contributed by atoms with E-state index in [0.29, 0.717) is 35.7 Å². The zero-order valence-corrected chi connectivity index (χ0v) is 16.7. The fourth-order valence-electron chi connectivity index (χ4n) is 2.98. The van der Waals surface area contributed by atoms with Crippen LogP contribution in [0.25, 0.3) is 11.3 Å². The van der Waals surface area contributed by atoms with Crippen molar-refractivity contribution in [2.75, 3.05) is 10.6 Å². The van der Waals surface area contributed by atoms with Gasteiger partial charge in [-0.3, -0.25) is 10.8 Å². The van der Waals surface area contributed by atoms with E-state index in [4.69, 9.17) is 10.4 Å². The van der Waals surface area contributed by atoms with Gasteiger partial charge < -0.3 is 20.6 Å². The van der Waals surface area contributed by atoms with Crippen molar-refractivity contribution in [3.63, 3.8) is 0 Å². The lowest BCUT2D eigenvalue weighted by atomic mass is 10.2. The lowest BCUT2D eigenvalue weighted by molar-refractivity contribution is 0.390. The van der Waals surface area contributed by atoms with E-state index >= 15 is 0 Å². The largest absolute Gasteiger partial charge is 0.359 e. The summed E-state index contributed by atoms with van der Waals surface area (Å²) in [6.07, 6.45) is 7.67. The third kappa shape index (κ3) is 5.00. The van der Waals surface area contributed by atoms with Gasteiger partial charge in [-0.15, -0.1) is 0 Å². The van der Waals surface area contributed by atoms with E-state index in [9.17, 15) is 0 Å². The molecule has 1 fully saturated rings. The van der Waals surface area contributed by atoms with E-state index in [0.717, 1.165) is 35.5 Å². The normalized spacial score (nSPS) is 13.7. The second kappa shape index (κ2) is 8.75. The molecular formula is C21H24N8O. The van der Waals surface area contributed by atoms with Crippen molar-refractivity contribution >= 4 is 11.8 Å². The molecule has 0 amide bonds. The first-order chi connectivity index (χ1) is 14.6. The van der Waals surface area contributed by atoms with Crippen LogP contribution in [0.5, 0.6) is 0 Å². The van der Waals surface area contributed by atoms with Gasteiger partial charge in [0.05, 0.1) is 6.54 Å². The number of rotatable bonds is 9. The number of pyridine rings is 1. The zero-order valence-electron chi connectivity index (χ0n) is 16.7. The number of aromatic nitrogens is 4. The second-order valence-electron chi connectivity index (χ2n) is 7.16. The van der Waals surface area contributed by atoms with Gasteiger partial charge in [0.25, 0.3) is 0 Å². The molecule has 0 aromatic carbocycles. The van der Waals surface area contributed by atoms with Crippen molar-refractivity contribution in [1.29, 1.82) is 0 Å². The summed E-state index contributed by atoms with van der Waals surface area (Å²) in [5.74, 6) is 7.89. The predicted molar refractivity (Wildman–Crippen MR) is 115 cm³/mol. The molecule has 0 radical (unpaired) electrons. The van der Waals surface area contributed by atoms with E-state index in [2.05, 4.69) is 42.7 Å². The highest BCUT2D eigenvalue weighted by Crippen LogP contribution is 2.35. The maximum absolute atomic E-state index is 5.60. The highest BCUT2D eigenvalue weighted by Gasteiger charge is 2.25. The minimum atomic E-state index is 0.403. The van der Waals surface area contributed by atoms with Crippen LogP contribution in [0.15, 0.2) is 65.2 Å². The Balaban J connectivity index is 1.40. The average molecular weight is 404 g/mol. The van der Waals surface area contributed by atoms with Crippen LogP contribution in [0.4, 0.5) is 11.8 Å². The Kier molecular flexibility index (Phi) is 5.71. The number of nitrogens with one attached hydrogen (secondary N) is 3. The Morgan fingerprint density at radius 2 is 2.20 bits per heavy atom. The van der Waals surface area contributed by atoms with Gasteiger partial charge in [-0.05, 0) is 38.0 Å². The van der Waals surface area contributed by atoms with E-state index in [1.54, 1.807) is 12.4 Å². The molecule has 0 saturated heterocycles. The molecule has 0 unspecified atom stereocenters. The molecule has 154 valence electrons. The van der Waals surface area contributed by atoms with Crippen molar-refractivity contribution in [2.45, 2.75) is 26.3 Å². The number of hydrogen-bond donors (Lipinski definition) is 4. The van der Waals surface area contributed by atoms with Crippen LogP contribution in [-0.4, -0.2) is 20.1 Å². The molecule has 4 rings (SSSR count). The number of nitrogens with zero attached hydrogens (tertiary/aromatic N) is 4. The van der Waals surface area contributed by atoms with E-state index in [-0.39, 0.29) is 0 Å². The molecule has 5 N–H and O–H groups in total. The zero-order chi connectivity index (χ0) is 20.9. The maximum Gasteiger partial charge on any atom is 0.225 e. The van der Waals surface area contributed by atoms with Crippen LogP contribution < -0.4 is 21.9 Å². The lowest BCUT2D eigenvalue weighted by Gasteiger charge is -2.11. The first kappa shape index (κ1) is 19.6. The third-order valence-corrected chi connectivity index (χ3v) is 4.59. The Labute approximate surface area is 174 Å². The number of hydrogen-bond acceptors (Lipinski definition) is 9. The van der Waals surface area contributed by atoms with Crippen molar-refractivity contribution in [1.82, 2.24) is 25.5 Å². The lowest BCUT2D eigenvalue weighted by Crippen LogP contribution is -2.22. The van der Waals surface area contributed by atoms with Crippen LogP contribution >= 0.6 is 0 Å². The van der Waals surface area contributed by atoms with E-state index < -0.39 is 0 Å². The predicted octanol–water partition coefficient (Wildman–Crippen LogP) is 3.13. The smallest absolute Gasteiger partial charge is 0.225 e. The van der Waals surface area contributed by atoms with Crippen molar-refractivity contribution in [3.05, 3.63) is 72.2 Å². The summed E-state index contributed by atoms with van der Waals surface area (Å²) in [6.45, 7) is 6.35. The Morgan fingerprint density at radius 1 is 1.33 bits per heavy atom. The molecule has 0 atom stereocenters. The van der Waals surface area contributed by atoms with Gasteiger partial charge in [0.2, 0.25) is 5.95 Å². The number of nitrogens with two attached hydrogens (primary N) is 1. The number of hydrazine groups is 1. The number of anilines is 2. The molecular weight excluding hydrogens is 380 g/mol. The molecule has 9 heteroatoms. The molecule has 0 spiro atoms. The van der Waals surface area contributed by atoms with Gasteiger partial charge in [-0.2, -0.15) is 4.98 Å². The summed E-state index contributed by atoms with van der Waals surface area (Å²) >= 11 is 0. The fraction of sp³-hybridized carbons (Fsp3) is 0.238. The molecule has 3 aromatic rings. The molecule has 0 bridgehead atoms. The summed E-state index contributed by atoms with van der Waals surface area (Å²) in [4.78, 5) is 13.0. The third-order valence-electron chi connectivity index (χ3n) is 4.59. The molecule has 30 heavy (non-hydrogen) atoms. The van der Waals surface area contributed by atoms with E-state index in [1.165, 1.54) is 0 Å². The van der Waals surface area contributed by atoms with Crippen LogP contribution in [0.3, 0.4) is 0 Å². The van der Waals surface area contributed by atoms with E-state index in [1.807, 2.05) is 37.3 Å². The van der Waals surface area contributed by atoms with Crippen molar-refractivity contribution < 1.29 is 4.52 Å².